The van der Waals surface area contributed by atoms with Gasteiger partial charge in [0.15, 0.2) is 0 Å². The standard InChI is InChI=1S/C11H6Cl2I3NO4.Ac/c1-2(18)11(21)17-8-6(15)3(9(12)19)5(14)4(7(8)16)10(13)20;/h2,18H,1H3,(H,17,21);. The van der Waals surface area contributed by atoms with Gasteiger partial charge in [0.1, 0.15) is 6.10 Å². The Bertz CT molecular complexity index is 614. The van der Waals surface area contributed by atoms with Crippen molar-refractivity contribution in [3.05, 3.63) is 21.8 Å². The maximum Gasteiger partial charge on any atom is 0.254 e. The topological polar surface area (TPSA) is 83.5 Å². The molecule has 2 N–H and O–H groups in total. The van der Waals surface area contributed by atoms with Crippen molar-refractivity contribution in [3.8, 4) is 0 Å². The summed E-state index contributed by atoms with van der Waals surface area (Å²) < 4.78 is 1.06. The van der Waals surface area contributed by atoms with Crippen LogP contribution in [0.25, 0.3) is 0 Å². The third kappa shape index (κ3) is 5.60. The summed E-state index contributed by atoms with van der Waals surface area (Å²) >= 11 is 16.6. The van der Waals surface area contributed by atoms with Crippen LogP contribution in [-0.4, -0.2) is 27.6 Å². The third-order valence-corrected chi connectivity index (χ3v) is 5.95. The Labute approximate surface area is 213 Å². The maximum absolute atomic E-state index is 11.7. The van der Waals surface area contributed by atoms with Gasteiger partial charge in [-0.1, -0.05) is 0 Å². The molecule has 0 spiro atoms. The molecule has 1 radical (unpaired) electrons. The van der Waals surface area contributed by atoms with Crippen LogP contribution in [0.5, 0.6) is 0 Å². The van der Waals surface area contributed by atoms with Gasteiger partial charge in [-0.25, -0.2) is 0 Å². The Hall–Kier alpha value is 2.20. The summed E-state index contributed by atoms with van der Waals surface area (Å²) in [6.45, 7) is 1.29. The molecule has 11 heteroatoms. The van der Waals surface area contributed by atoms with Gasteiger partial charge >= 0.3 is 0 Å². The van der Waals surface area contributed by atoms with Gasteiger partial charge in [0, 0.05) is 47.6 Å². The molecule has 0 aliphatic carbocycles. The number of amides is 1. The smallest absolute Gasteiger partial charge is 0.254 e. The summed E-state index contributed by atoms with van der Waals surface area (Å²) in [6.07, 6.45) is -1.25. The minimum Gasteiger partial charge on any atom is -0.384 e. The SMILES string of the molecule is CC(O)C(=O)Nc1c(I)c(C(=O)Cl)c(I)c(C(=O)Cl)c1I.[Ac]. The fourth-order valence-electron chi connectivity index (χ4n) is 1.35. The molecule has 0 bridgehead atoms. The van der Waals surface area contributed by atoms with Crippen molar-refractivity contribution in [3.63, 3.8) is 0 Å². The Morgan fingerprint density at radius 1 is 1.00 bits per heavy atom. The van der Waals surface area contributed by atoms with Gasteiger partial charge in [-0.15, -0.1) is 0 Å². The molecule has 1 amide bonds. The van der Waals surface area contributed by atoms with E-state index in [-0.39, 0.29) is 60.9 Å². The van der Waals surface area contributed by atoms with Gasteiger partial charge in [0.25, 0.3) is 16.4 Å². The molecule has 0 aromatic heterocycles. The largest absolute Gasteiger partial charge is 0.384 e. The van der Waals surface area contributed by atoms with Gasteiger partial charge in [-0.3, -0.25) is 14.4 Å². The minimum atomic E-state index is -1.25. The second-order valence-electron chi connectivity index (χ2n) is 3.78. The molecule has 0 aliphatic heterocycles. The van der Waals surface area contributed by atoms with Gasteiger partial charge in [0.05, 0.1) is 24.0 Å². The van der Waals surface area contributed by atoms with E-state index >= 15 is 0 Å². The molecule has 5 nitrogen and oxygen atoms in total. The van der Waals surface area contributed by atoms with Crippen LogP contribution in [-0.2, 0) is 4.79 Å². The Balaban J connectivity index is 0.00000441. The van der Waals surface area contributed by atoms with Crippen LogP contribution in [0.3, 0.4) is 0 Å². The molecule has 1 aromatic rings. The number of aliphatic hydroxyl groups is 1. The summed E-state index contributed by atoms with van der Waals surface area (Å²) in [5, 5.41) is 10.2. The number of halogens is 5. The number of rotatable bonds is 4. The first-order valence-electron chi connectivity index (χ1n) is 5.18. The second kappa shape index (κ2) is 10.4. The molecule has 1 unspecified atom stereocenters. The van der Waals surface area contributed by atoms with Crippen LogP contribution in [0.4, 0.5) is 5.69 Å². The summed E-state index contributed by atoms with van der Waals surface area (Å²) in [5.74, 6) is -0.673. The molecule has 1 aromatic carbocycles. The number of carbonyl (C=O) groups is 3. The third-order valence-electron chi connectivity index (χ3n) is 2.34. The fraction of sp³-hybridized carbons (Fsp3) is 0.182. The molecule has 22 heavy (non-hydrogen) atoms. The molecule has 117 valence electrons. The normalized spacial score (nSPS) is 11.4. The van der Waals surface area contributed by atoms with Crippen LogP contribution in [0, 0.1) is 54.8 Å². The van der Waals surface area contributed by atoms with Crippen molar-refractivity contribution >= 4 is 113 Å². The zero-order chi connectivity index (χ0) is 16.5. The molecular weight excluding hydrogens is 889 g/mol. The van der Waals surface area contributed by atoms with Crippen LogP contribution in [0.2, 0.25) is 0 Å². The van der Waals surface area contributed by atoms with E-state index in [1.165, 1.54) is 6.92 Å². The molecule has 0 heterocycles. The summed E-state index contributed by atoms with van der Waals surface area (Å²) in [5.41, 5.74) is 0.391. The number of hydrogen-bond acceptors (Lipinski definition) is 4. The number of hydrogen-bond donors (Lipinski definition) is 2. The maximum atomic E-state index is 11.7. The first kappa shape index (κ1) is 24.2. The van der Waals surface area contributed by atoms with E-state index in [2.05, 4.69) is 5.32 Å². The Morgan fingerprint density at radius 2 is 1.36 bits per heavy atom. The monoisotopic (exact) mass is 894 g/mol. The van der Waals surface area contributed by atoms with Crippen LogP contribution in [0.15, 0.2) is 0 Å². The van der Waals surface area contributed by atoms with Crippen molar-refractivity contribution in [1.82, 2.24) is 0 Å². The molecule has 1 atom stereocenters. The fourth-order valence-corrected chi connectivity index (χ4v) is 6.78. The Morgan fingerprint density at radius 3 is 1.64 bits per heavy atom. The number of benzene rings is 1. The quantitative estimate of drug-likeness (QED) is 0.358. The Kier molecular flexibility index (Phi) is 11.4. The number of carbonyl (C=O) groups excluding carboxylic acids is 3. The van der Waals surface area contributed by atoms with E-state index in [1.807, 2.05) is 45.2 Å². The molecule has 0 saturated heterocycles. The average Bonchev–Trinajstić information content (AvgIpc) is 2.32. The van der Waals surface area contributed by atoms with Crippen molar-refractivity contribution in [2.45, 2.75) is 13.0 Å². The van der Waals surface area contributed by atoms with Crippen molar-refractivity contribution in [2.75, 3.05) is 5.32 Å². The summed E-state index contributed by atoms with van der Waals surface area (Å²) in [6, 6.07) is 0. The van der Waals surface area contributed by atoms with Crippen molar-refractivity contribution in [1.29, 1.82) is 0 Å². The van der Waals surface area contributed by atoms with Crippen molar-refractivity contribution in [2.24, 2.45) is 0 Å². The van der Waals surface area contributed by atoms with E-state index in [1.54, 1.807) is 22.6 Å². The summed E-state index contributed by atoms with van der Waals surface area (Å²) in [7, 11) is 0. The minimum absolute atomic E-state index is 0. The van der Waals surface area contributed by atoms with Crippen LogP contribution in [0.1, 0.15) is 27.6 Å². The number of aliphatic hydroxyl groups excluding tert-OH is 1. The molecule has 0 aliphatic rings. The van der Waals surface area contributed by atoms with Gasteiger partial charge < -0.3 is 10.4 Å². The molecule has 0 fully saturated rings. The number of nitrogens with one attached hydrogen (secondary N) is 1. The zero-order valence-corrected chi connectivity index (χ0v) is 23.4. The van der Waals surface area contributed by atoms with E-state index < -0.39 is 22.5 Å². The van der Waals surface area contributed by atoms with Crippen LogP contribution >= 0.6 is 91.0 Å². The predicted molar refractivity (Wildman–Crippen MR) is 105 cm³/mol. The second-order valence-corrected chi connectivity index (χ2v) is 7.70. The first-order chi connectivity index (χ1) is 9.59. The van der Waals surface area contributed by atoms with Gasteiger partial charge in [0.2, 0.25) is 0 Å². The molecule has 1 rings (SSSR count). The molecular formula is C11H6AcCl2I3NO4. The summed E-state index contributed by atoms with van der Waals surface area (Å²) in [4.78, 5) is 34.8. The van der Waals surface area contributed by atoms with E-state index in [0.717, 1.165) is 0 Å². The van der Waals surface area contributed by atoms with E-state index in [0.29, 0.717) is 10.7 Å². The molecule has 0 saturated carbocycles. The zero-order valence-electron chi connectivity index (χ0n) is 10.7. The van der Waals surface area contributed by atoms with Crippen LogP contribution < -0.4 is 5.32 Å². The van der Waals surface area contributed by atoms with Gasteiger partial charge in [-0.05, 0) is 97.9 Å². The average molecular weight is 895 g/mol. The van der Waals surface area contributed by atoms with Crippen molar-refractivity contribution < 1.29 is 63.6 Å². The van der Waals surface area contributed by atoms with E-state index in [4.69, 9.17) is 23.2 Å². The first-order valence-corrected chi connectivity index (χ1v) is 9.17. The van der Waals surface area contributed by atoms with Gasteiger partial charge in [-0.2, -0.15) is 0 Å². The number of anilines is 1. The predicted octanol–water partition coefficient (Wildman–Crippen LogP) is 3.58. The van der Waals surface area contributed by atoms with E-state index in [9.17, 15) is 19.5 Å².